The van der Waals surface area contributed by atoms with Crippen molar-refractivity contribution in [1.29, 1.82) is 0 Å². The maximum atomic E-state index is 10.2. The summed E-state index contributed by atoms with van der Waals surface area (Å²) in [6, 6.07) is 11.9. The van der Waals surface area contributed by atoms with Crippen LogP contribution in [0.4, 0.5) is 0 Å². The van der Waals surface area contributed by atoms with E-state index >= 15 is 0 Å². The highest BCUT2D eigenvalue weighted by Crippen LogP contribution is 2.30. The Morgan fingerprint density at radius 2 is 1.85 bits per heavy atom. The fourth-order valence-electron chi connectivity index (χ4n) is 5.17. The summed E-state index contributed by atoms with van der Waals surface area (Å²) in [5.74, 6) is 0. The molecule has 3 aliphatic rings. The molecule has 0 bridgehead atoms. The first-order chi connectivity index (χ1) is 12.7. The van der Waals surface area contributed by atoms with E-state index in [-0.39, 0.29) is 12.1 Å². The van der Waals surface area contributed by atoms with Crippen LogP contribution in [-0.2, 0) is 11.3 Å². The van der Waals surface area contributed by atoms with Crippen LogP contribution in [-0.4, -0.2) is 90.0 Å². The van der Waals surface area contributed by atoms with Crippen LogP contribution in [0.5, 0.6) is 0 Å². The van der Waals surface area contributed by atoms with Gasteiger partial charge in [0.2, 0.25) is 0 Å². The summed E-state index contributed by atoms with van der Waals surface area (Å²) < 4.78 is 5.55. The molecule has 1 N–H and O–H groups in total. The number of hydrogen-bond donors (Lipinski definition) is 1. The molecule has 3 aliphatic heterocycles. The Hall–Kier alpha value is -0.980. The van der Waals surface area contributed by atoms with Gasteiger partial charge in [-0.05, 0) is 25.3 Å². The zero-order valence-corrected chi connectivity index (χ0v) is 16.0. The molecule has 144 valence electrons. The van der Waals surface area contributed by atoms with E-state index in [1.807, 2.05) is 0 Å². The minimum absolute atomic E-state index is 0.139. The lowest BCUT2D eigenvalue weighted by Crippen LogP contribution is -2.72. The summed E-state index contributed by atoms with van der Waals surface area (Å²) in [6.45, 7) is 10.6. The molecule has 3 fully saturated rings. The van der Waals surface area contributed by atoms with Crippen molar-refractivity contribution in [2.24, 2.45) is 0 Å². The highest BCUT2D eigenvalue weighted by Gasteiger charge is 2.45. The summed E-state index contributed by atoms with van der Waals surface area (Å²) in [5, 5.41) is 10.2. The summed E-state index contributed by atoms with van der Waals surface area (Å²) in [4.78, 5) is 7.82. The summed E-state index contributed by atoms with van der Waals surface area (Å²) in [6.07, 6.45) is 2.33. The topological polar surface area (TPSA) is 39.2 Å². The van der Waals surface area contributed by atoms with Crippen molar-refractivity contribution in [1.82, 2.24) is 14.7 Å². The summed E-state index contributed by atoms with van der Waals surface area (Å²) >= 11 is 0. The van der Waals surface area contributed by atoms with Crippen molar-refractivity contribution in [3.63, 3.8) is 0 Å². The number of fused-ring (bicyclic) bond motifs is 1. The molecule has 0 aliphatic carbocycles. The lowest BCUT2D eigenvalue weighted by atomic mass is 9.90. The van der Waals surface area contributed by atoms with Gasteiger partial charge in [-0.1, -0.05) is 30.3 Å². The number of ether oxygens (including phenoxy) is 1. The van der Waals surface area contributed by atoms with Crippen LogP contribution in [0.25, 0.3) is 0 Å². The van der Waals surface area contributed by atoms with E-state index in [1.54, 1.807) is 0 Å². The standard InChI is InChI=1S/C21H33N3O2/c1-21(17-25)16-22(13-18-5-3-2-4-6-18)14-20-15-23(9-10-24(20)21)19-7-11-26-12-8-19/h2-6,19-20,25H,7-17H2,1H3. The van der Waals surface area contributed by atoms with E-state index in [1.165, 1.54) is 5.56 Å². The third-order valence-electron chi connectivity index (χ3n) is 6.54. The summed E-state index contributed by atoms with van der Waals surface area (Å²) in [5.41, 5.74) is 1.22. The number of rotatable bonds is 4. The highest BCUT2D eigenvalue weighted by molar-refractivity contribution is 5.15. The minimum atomic E-state index is -0.139. The molecule has 2 unspecified atom stereocenters. The first kappa shape index (κ1) is 18.4. The number of nitrogens with zero attached hydrogens (tertiary/aromatic N) is 3. The molecule has 4 rings (SSSR count). The Kier molecular flexibility index (Phi) is 5.62. The number of hydrogen-bond acceptors (Lipinski definition) is 5. The molecular formula is C21H33N3O2. The molecule has 0 spiro atoms. The average molecular weight is 360 g/mol. The van der Waals surface area contributed by atoms with Gasteiger partial charge >= 0.3 is 0 Å². The first-order valence-electron chi connectivity index (χ1n) is 10.1. The zero-order chi connectivity index (χ0) is 18.0. The second kappa shape index (κ2) is 7.95. The van der Waals surface area contributed by atoms with Crippen LogP contribution < -0.4 is 0 Å². The van der Waals surface area contributed by atoms with Crippen molar-refractivity contribution in [3.8, 4) is 0 Å². The smallest absolute Gasteiger partial charge is 0.0625 e. The van der Waals surface area contributed by atoms with Crippen molar-refractivity contribution < 1.29 is 9.84 Å². The van der Waals surface area contributed by atoms with Crippen molar-refractivity contribution in [2.75, 3.05) is 52.5 Å². The second-order valence-corrected chi connectivity index (χ2v) is 8.50. The molecule has 0 amide bonds. The van der Waals surface area contributed by atoms with Crippen LogP contribution in [0, 0.1) is 0 Å². The normalized spacial score (nSPS) is 32.5. The number of aliphatic hydroxyl groups excluding tert-OH is 1. The lowest BCUT2D eigenvalue weighted by molar-refractivity contribution is -0.105. The molecule has 1 aromatic rings. The van der Waals surface area contributed by atoms with Crippen molar-refractivity contribution in [3.05, 3.63) is 35.9 Å². The molecule has 0 aromatic heterocycles. The zero-order valence-electron chi connectivity index (χ0n) is 16.0. The fraction of sp³-hybridized carbons (Fsp3) is 0.714. The Morgan fingerprint density at radius 1 is 1.08 bits per heavy atom. The van der Waals surface area contributed by atoms with Gasteiger partial charge in [-0.15, -0.1) is 0 Å². The molecule has 1 aromatic carbocycles. The molecule has 3 heterocycles. The van der Waals surface area contributed by atoms with Gasteiger partial charge < -0.3 is 9.84 Å². The summed E-state index contributed by atoms with van der Waals surface area (Å²) in [7, 11) is 0. The molecule has 0 radical (unpaired) electrons. The lowest BCUT2D eigenvalue weighted by Gasteiger charge is -2.57. The van der Waals surface area contributed by atoms with Gasteiger partial charge in [-0.2, -0.15) is 0 Å². The van der Waals surface area contributed by atoms with Gasteiger partial charge in [-0.25, -0.2) is 0 Å². The second-order valence-electron chi connectivity index (χ2n) is 8.50. The van der Waals surface area contributed by atoms with Gasteiger partial charge in [0.1, 0.15) is 0 Å². The monoisotopic (exact) mass is 359 g/mol. The fourth-order valence-corrected chi connectivity index (χ4v) is 5.17. The predicted octanol–water partition coefficient (Wildman–Crippen LogP) is 1.42. The van der Waals surface area contributed by atoms with Crippen LogP contribution in [0.1, 0.15) is 25.3 Å². The van der Waals surface area contributed by atoms with E-state index in [0.29, 0.717) is 12.1 Å². The van der Waals surface area contributed by atoms with E-state index in [9.17, 15) is 5.11 Å². The van der Waals surface area contributed by atoms with E-state index in [2.05, 4.69) is 52.0 Å². The van der Waals surface area contributed by atoms with Crippen LogP contribution >= 0.6 is 0 Å². The number of piperazine rings is 2. The van der Waals surface area contributed by atoms with E-state index in [4.69, 9.17) is 4.74 Å². The SMILES string of the molecule is CC1(CO)CN(Cc2ccccc2)CC2CN(C3CCOCC3)CCN21. The van der Waals surface area contributed by atoms with Gasteiger partial charge in [0.15, 0.2) is 0 Å². The molecule has 5 heteroatoms. The van der Waals surface area contributed by atoms with Crippen molar-refractivity contribution in [2.45, 2.75) is 43.9 Å². The van der Waals surface area contributed by atoms with E-state index in [0.717, 1.165) is 65.3 Å². The Balaban J connectivity index is 1.46. The molecular weight excluding hydrogens is 326 g/mol. The van der Waals surface area contributed by atoms with Crippen LogP contribution in [0.15, 0.2) is 30.3 Å². The molecule has 2 atom stereocenters. The third-order valence-corrected chi connectivity index (χ3v) is 6.54. The van der Waals surface area contributed by atoms with Crippen LogP contribution in [0.2, 0.25) is 0 Å². The largest absolute Gasteiger partial charge is 0.394 e. The molecule has 26 heavy (non-hydrogen) atoms. The Bertz CT molecular complexity index is 578. The average Bonchev–Trinajstić information content (AvgIpc) is 2.69. The molecule has 5 nitrogen and oxygen atoms in total. The minimum Gasteiger partial charge on any atom is -0.394 e. The van der Waals surface area contributed by atoms with Crippen LogP contribution in [0.3, 0.4) is 0 Å². The highest BCUT2D eigenvalue weighted by atomic mass is 16.5. The Labute approximate surface area is 157 Å². The van der Waals surface area contributed by atoms with Gasteiger partial charge in [0.25, 0.3) is 0 Å². The maximum Gasteiger partial charge on any atom is 0.0625 e. The quantitative estimate of drug-likeness (QED) is 0.880. The number of aliphatic hydroxyl groups is 1. The maximum absolute atomic E-state index is 10.2. The van der Waals surface area contributed by atoms with Gasteiger partial charge in [0.05, 0.1) is 12.1 Å². The molecule has 3 saturated heterocycles. The van der Waals surface area contributed by atoms with Crippen molar-refractivity contribution >= 4 is 0 Å². The number of benzene rings is 1. The van der Waals surface area contributed by atoms with Gasteiger partial charge in [-0.3, -0.25) is 14.7 Å². The third kappa shape index (κ3) is 3.82. The van der Waals surface area contributed by atoms with Gasteiger partial charge in [0, 0.05) is 64.6 Å². The van der Waals surface area contributed by atoms with E-state index < -0.39 is 0 Å². The predicted molar refractivity (Wildman–Crippen MR) is 103 cm³/mol. The molecule has 0 saturated carbocycles. The Morgan fingerprint density at radius 3 is 2.58 bits per heavy atom. The first-order valence-corrected chi connectivity index (χ1v) is 10.1.